The monoisotopic (exact) mass is 498 g/mol. The fourth-order valence-electron chi connectivity index (χ4n) is 3.87. The van der Waals surface area contributed by atoms with Crippen molar-refractivity contribution < 1.29 is 24.2 Å². The van der Waals surface area contributed by atoms with E-state index in [0.29, 0.717) is 16.3 Å². The fourth-order valence-corrected chi connectivity index (χ4v) is 4.28. The standard InChI is InChI=1S/C25H20Cl2N2O5/c1-13-6-7-15(9-17(13)26)29-22(14-5-4-8-28-12-14)21(24(31)25(29)32)23(30)16-10-20(34-3)18(27)11-19(16)33-2/h4-12,22,30H,1-3H3/b23-21+. The van der Waals surface area contributed by atoms with Gasteiger partial charge in [0.2, 0.25) is 0 Å². The Morgan fingerprint density at radius 2 is 1.76 bits per heavy atom. The number of ether oxygens (including phenoxy) is 2. The van der Waals surface area contributed by atoms with Gasteiger partial charge in [0, 0.05) is 29.2 Å². The SMILES string of the molecule is COc1cc(/C(O)=C2\C(=O)C(=O)N(c3ccc(C)c(Cl)c3)C2c2cccnc2)c(OC)cc1Cl. The number of amides is 1. The molecule has 1 aliphatic rings. The van der Waals surface area contributed by atoms with Gasteiger partial charge in [-0.15, -0.1) is 0 Å². The van der Waals surface area contributed by atoms with E-state index in [0.717, 1.165) is 5.56 Å². The predicted molar refractivity (Wildman–Crippen MR) is 130 cm³/mol. The second kappa shape index (κ2) is 9.37. The lowest BCUT2D eigenvalue weighted by Crippen LogP contribution is -2.29. The van der Waals surface area contributed by atoms with Crippen molar-refractivity contribution in [1.29, 1.82) is 0 Å². The number of nitrogens with zero attached hydrogens (tertiary/aromatic N) is 2. The van der Waals surface area contributed by atoms with Gasteiger partial charge >= 0.3 is 0 Å². The van der Waals surface area contributed by atoms with Crippen LogP contribution in [-0.4, -0.2) is 36.0 Å². The van der Waals surface area contributed by atoms with Crippen LogP contribution in [0.4, 0.5) is 5.69 Å². The molecule has 1 aliphatic heterocycles. The molecule has 9 heteroatoms. The number of pyridine rings is 1. The molecule has 0 bridgehead atoms. The second-order valence-corrected chi connectivity index (χ2v) is 8.39. The summed E-state index contributed by atoms with van der Waals surface area (Å²) in [4.78, 5) is 32.0. The number of carbonyl (C=O) groups excluding carboxylic acids is 2. The van der Waals surface area contributed by atoms with Crippen molar-refractivity contribution in [3.05, 3.63) is 87.2 Å². The van der Waals surface area contributed by atoms with E-state index in [-0.39, 0.29) is 27.7 Å². The van der Waals surface area contributed by atoms with E-state index in [9.17, 15) is 14.7 Å². The molecule has 34 heavy (non-hydrogen) atoms. The lowest BCUT2D eigenvalue weighted by molar-refractivity contribution is -0.132. The molecular weight excluding hydrogens is 479 g/mol. The summed E-state index contributed by atoms with van der Waals surface area (Å²) in [7, 11) is 2.83. The van der Waals surface area contributed by atoms with Crippen LogP contribution >= 0.6 is 23.2 Å². The Labute approximate surface area is 206 Å². The molecule has 7 nitrogen and oxygen atoms in total. The first-order valence-corrected chi connectivity index (χ1v) is 10.9. The quantitative estimate of drug-likeness (QED) is 0.290. The van der Waals surface area contributed by atoms with Gasteiger partial charge in [-0.05, 0) is 42.3 Å². The first-order valence-electron chi connectivity index (χ1n) is 10.2. The summed E-state index contributed by atoms with van der Waals surface area (Å²) in [6.07, 6.45) is 3.11. The maximum atomic E-state index is 13.3. The Balaban J connectivity index is 1.99. The predicted octanol–water partition coefficient (Wildman–Crippen LogP) is 5.34. The van der Waals surface area contributed by atoms with Crippen LogP contribution in [0, 0.1) is 6.92 Å². The summed E-state index contributed by atoms with van der Waals surface area (Å²) < 4.78 is 10.6. The van der Waals surface area contributed by atoms with Crippen molar-refractivity contribution in [3.63, 3.8) is 0 Å². The minimum Gasteiger partial charge on any atom is -0.507 e. The number of aliphatic hydroxyl groups is 1. The van der Waals surface area contributed by atoms with E-state index in [4.69, 9.17) is 32.7 Å². The average molecular weight is 499 g/mol. The summed E-state index contributed by atoms with van der Waals surface area (Å²) in [5.41, 5.74) is 1.78. The smallest absolute Gasteiger partial charge is 0.300 e. The van der Waals surface area contributed by atoms with Crippen LogP contribution < -0.4 is 14.4 Å². The third kappa shape index (κ3) is 3.97. The molecule has 1 unspecified atom stereocenters. The molecule has 3 aromatic rings. The second-order valence-electron chi connectivity index (χ2n) is 7.58. The largest absolute Gasteiger partial charge is 0.507 e. The molecule has 1 fully saturated rings. The van der Waals surface area contributed by atoms with Crippen molar-refractivity contribution in [2.24, 2.45) is 0 Å². The van der Waals surface area contributed by atoms with E-state index in [1.165, 1.54) is 37.4 Å². The van der Waals surface area contributed by atoms with Gasteiger partial charge in [0.15, 0.2) is 0 Å². The lowest BCUT2D eigenvalue weighted by Gasteiger charge is -2.25. The molecule has 1 saturated heterocycles. The Bertz CT molecular complexity index is 1320. The number of benzene rings is 2. The highest BCUT2D eigenvalue weighted by Crippen LogP contribution is 2.45. The molecule has 1 N–H and O–H groups in total. The van der Waals surface area contributed by atoms with E-state index < -0.39 is 23.5 Å². The van der Waals surface area contributed by atoms with E-state index >= 15 is 0 Å². The molecule has 2 aromatic carbocycles. The average Bonchev–Trinajstić information content (AvgIpc) is 3.11. The number of methoxy groups -OCH3 is 2. The molecule has 0 spiro atoms. The topological polar surface area (TPSA) is 89.0 Å². The van der Waals surface area contributed by atoms with Crippen LogP contribution in [0.15, 0.2) is 60.4 Å². The minimum absolute atomic E-state index is 0.127. The fraction of sp³-hybridized carbons (Fsp3) is 0.160. The number of anilines is 1. The van der Waals surface area contributed by atoms with Gasteiger partial charge in [-0.2, -0.15) is 0 Å². The lowest BCUT2D eigenvalue weighted by atomic mass is 9.95. The number of aryl methyl sites for hydroxylation is 1. The molecule has 0 radical (unpaired) electrons. The van der Waals surface area contributed by atoms with E-state index in [2.05, 4.69) is 4.98 Å². The summed E-state index contributed by atoms with van der Waals surface area (Å²) in [6.45, 7) is 1.83. The molecule has 1 amide bonds. The normalized spacial score (nSPS) is 17.2. The van der Waals surface area contributed by atoms with Crippen molar-refractivity contribution in [2.75, 3.05) is 19.1 Å². The molecule has 0 aliphatic carbocycles. The molecule has 1 atom stereocenters. The zero-order valence-corrected chi connectivity index (χ0v) is 20.0. The summed E-state index contributed by atoms with van der Waals surface area (Å²) in [5, 5.41) is 12.1. The summed E-state index contributed by atoms with van der Waals surface area (Å²) >= 11 is 12.5. The number of aromatic nitrogens is 1. The Morgan fingerprint density at radius 1 is 1.03 bits per heavy atom. The minimum atomic E-state index is -0.959. The highest BCUT2D eigenvalue weighted by Gasteiger charge is 2.47. The molecule has 1 aromatic heterocycles. The Morgan fingerprint density at radius 3 is 2.38 bits per heavy atom. The number of halogens is 2. The van der Waals surface area contributed by atoms with Gasteiger partial charge in [-0.25, -0.2) is 0 Å². The number of hydrogen-bond donors (Lipinski definition) is 1. The molecular formula is C25H20Cl2N2O5. The van der Waals surface area contributed by atoms with Crippen LogP contribution in [0.1, 0.15) is 22.7 Å². The first kappa shape index (κ1) is 23.6. The van der Waals surface area contributed by atoms with E-state index in [1.807, 2.05) is 6.92 Å². The van der Waals surface area contributed by atoms with Crippen LogP contribution in [0.25, 0.3) is 5.76 Å². The number of Topliss-reactive ketones (excluding diaryl/α,β-unsaturated/α-hetero) is 1. The van der Waals surface area contributed by atoms with Gasteiger partial charge in [-0.1, -0.05) is 35.3 Å². The number of aliphatic hydroxyl groups excluding tert-OH is 1. The number of ketones is 1. The van der Waals surface area contributed by atoms with Crippen LogP contribution in [-0.2, 0) is 9.59 Å². The van der Waals surface area contributed by atoms with Crippen LogP contribution in [0.5, 0.6) is 11.5 Å². The third-order valence-electron chi connectivity index (χ3n) is 5.61. The van der Waals surface area contributed by atoms with Crippen molar-refractivity contribution in [1.82, 2.24) is 4.98 Å². The van der Waals surface area contributed by atoms with Gasteiger partial charge < -0.3 is 14.6 Å². The van der Waals surface area contributed by atoms with Gasteiger partial charge in [0.1, 0.15) is 17.3 Å². The number of hydrogen-bond acceptors (Lipinski definition) is 6. The molecule has 174 valence electrons. The number of carbonyl (C=O) groups is 2. The summed E-state index contributed by atoms with van der Waals surface area (Å²) in [5.74, 6) is -1.63. The molecule has 4 rings (SSSR count). The maximum Gasteiger partial charge on any atom is 0.300 e. The zero-order valence-electron chi connectivity index (χ0n) is 18.5. The summed E-state index contributed by atoms with van der Waals surface area (Å²) in [6, 6.07) is 10.4. The third-order valence-corrected chi connectivity index (χ3v) is 6.31. The van der Waals surface area contributed by atoms with E-state index in [1.54, 1.807) is 36.5 Å². The van der Waals surface area contributed by atoms with Crippen LogP contribution in [0.2, 0.25) is 10.0 Å². The molecule has 2 heterocycles. The number of rotatable bonds is 5. The van der Waals surface area contributed by atoms with Gasteiger partial charge in [0.25, 0.3) is 11.7 Å². The molecule has 0 saturated carbocycles. The van der Waals surface area contributed by atoms with Gasteiger partial charge in [0.05, 0.1) is 36.4 Å². The Hall–Kier alpha value is -3.55. The maximum absolute atomic E-state index is 13.3. The van der Waals surface area contributed by atoms with Gasteiger partial charge in [-0.3, -0.25) is 19.5 Å². The zero-order chi connectivity index (χ0) is 24.6. The highest BCUT2D eigenvalue weighted by molar-refractivity contribution is 6.52. The highest BCUT2D eigenvalue weighted by atomic mass is 35.5. The Kier molecular flexibility index (Phi) is 6.50. The van der Waals surface area contributed by atoms with Crippen molar-refractivity contribution >= 4 is 46.3 Å². The van der Waals surface area contributed by atoms with Crippen molar-refractivity contribution in [3.8, 4) is 11.5 Å². The first-order chi connectivity index (χ1) is 16.3. The van der Waals surface area contributed by atoms with Crippen molar-refractivity contribution in [2.45, 2.75) is 13.0 Å². The van der Waals surface area contributed by atoms with Crippen LogP contribution in [0.3, 0.4) is 0 Å².